The van der Waals surface area contributed by atoms with Crippen molar-refractivity contribution in [3.05, 3.63) is 24.3 Å². The Labute approximate surface area is 115 Å². The zero-order chi connectivity index (χ0) is 13.7. The standard InChI is InChI=1S/C15H21N3O/c1-3-19-15-7-5-4-6-14(15)18-11-10-17(2)12-13(18)8-9-16/h4-7,13H,3,8,10-12H2,1-2H3. The molecule has 1 fully saturated rings. The monoisotopic (exact) mass is 259 g/mol. The maximum atomic E-state index is 9.02. The molecule has 0 aromatic heterocycles. The number of piperazine rings is 1. The highest BCUT2D eigenvalue weighted by atomic mass is 16.5. The minimum atomic E-state index is 0.241. The summed E-state index contributed by atoms with van der Waals surface area (Å²) in [4.78, 5) is 4.59. The average molecular weight is 259 g/mol. The summed E-state index contributed by atoms with van der Waals surface area (Å²) in [5, 5.41) is 9.02. The van der Waals surface area contributed by atoms with Gasteiger partial charge in [-0.05, 0) is 26.1 Å². The zero-order valence-electron chi connectivity index (χ0n) is 11.7. The normalized spacial score (nSPS) is 20.1. The van der Waals surface area contributed by atoms with Crippen molar-refractivity contribution in [3.63, 3.8) is 0 Å². The number of ether oxygens (including phenoxy) is 1. The van der Waals surface area contributed by atoms with Gasteiger partial charge in [-0.2, -0.15) is 5.26 Å². The molecule has 1 unspecified atom stereocenters. The van der Waals surface area contributed by atoms with Gasteiger partial charge in [0.25, 0.3) is 0 Å². The first-order valence-corrected chi connectivity index (χ1v) is 6.80. The highest BCUT2D eigenvalue weighted by molar-refractivity contribution is 5.59. The molecule has 102 valence electrons. The van der Waals surface area contributed by atoms with Crippen LogP contribution in [0.25, 0.3) is 0 Å². The second kappa shape index (κ2) is 6.44. The van der Waals surface area contributed by atoms with Crippen molar-refractivity contribution >= 4 is 5.69 Å². The van der Waals surface area contributed by atoms with Gasteiger partial charge < -0.3 is 14.5 Å². The van der Waals surface area contributed by atoms with Crippen LogP contribution in [0, 0.1) is 11.3 Å². The number of para-hydroxylation sites is 2. The fraction of sp³-hybridized carbons (Fsp3) is 0.533. The van der Waals surface area contributed by atoms with Gasteiger partial charge in [-0.1, -0.05) is 12.1 Å². The molecule has 4 heteroatoms. The molecule has 1 saturated heterocycles. The molecule has 0 spiro atoms. The number of rotatable bonds is 4. The molecule has 0 aliphatic carbocycles. The van der Waals surface area contributed by atoms with E-state index in [0.29, 0.717) is 13.0 Å². The third kappa shape index (κ3) is 3.18. The van der Waals surface area contributed by atoms with E-state index in [2.05, 4.69) is 29.0 Å². The zero-order valence-corrected chi connectivity index (χ0v) is 11.7. The molecule has 1 aliphatic rings. The van der Waals surface area contributed by atoms with Crippen LogP contribution in [0.1, 0.15) is 13.3 Å². The van der Waals surface area contributed by atoms with E-state index in [9.17, 15) is 0 Å². The van der Waals surface area contributed by atoms with E-state index in [1.165, 1.54) is 0 Å². The minimum absolute atomic E-state index is 0.241. The lowest BCUT2D eigenvalue weighted by molar-refractivity contribution is 0.265. The fourth-order valence-electron chi connectivity index (χ4n) is 2.58. The molecular weight excluding hydrogens is 238 g/mol. The number of benzene rings is 1. The number of anilines is 1. The van der Waals surface area contributed by atoms with E-state index in [4.69, 9.17) is 10.00 Å². The molecule has 0 saturated carbocycles. The molecule has 0 bridgehead atoms. The van der Waals surface area contributed by atoms with Crippen LogP contribution in [0.5, 0.6) is 5.75 Å². The molecule has 4 nitrogen and oxygen atoms in total. The number of nitrogens with zero attached hydrogens (tertiary/aromatic N) is 3. The third-order valence-electron chi connectivity index (χ3n) is 3.49. The lowest BCUT2D eigenvalue weighted by atomic mass is 10.1. The summed E-state index contributed by atoms with van der Waals surface area (Å²) in [6.07, 6.45) is 0.546. The van der Waals surface area contributed by atoms with Crippen LogP contribution in [0.3, 0.4) is 0 Å². The Morgan fingerprint density at radius 1 is 1.37 bits per heavy atom. The number of hydrogen-bond donors (Lipinski definition) is 0. The largest absolute Gasteiger partial charge is 0.492 e. The Morgan fingerprint density at radius 3 is 2.89 bits per heavy atom. The van der Waals surface area contributed by atoms with Gasteiger partial charge in [0, 0.05) is 19.6 Å². The summed E-state index contributed by atoms with van der Waals surface area (Å²) in [7, 11) is 2.11. The second-order valence-corrected chi connectivity index (χ2v) is 4.87. The Bertz CT molecular complexity index is 455. The molecule has 1 aliphatic heterocycles. The van der Waals surface area contributed by atoms with Crippen molar-refractivity contribution in [2.75, 3.05) is 38.2 Å². The summed E-state index contributed by atoms with van der Waals surface area (Å²) in [6, 6.07) is 10.6. The molecular formula is C15H21N3O. The van der Waals surface area contributed by atoms with Crippen LogP contribution < -0.4 is 9.64 Å². The van der Waals surface area contributed by atoms with E-state index in [-0.39, 0.29) is 6.04 Å². The van der Waals surface area contributed by atoms with E-state index >= 15 is 0 Å². The molecule has 1 atom stereocenters. The van der Waals surface area contributed by atoms with E-state index in [1.807, 2.05) is 25.1 Å². The molecule has 0 radical (unpaired) electrons. The van der Waals surface area contributed by atoms with E-state index < -0.39 is 0 Å². The van der Waals surface area contributed by atoms with Gasteiger partial charge >= 0.3 is 0 Å². The van der Waals surface area contributed by atoms with Crippen molar-refractivity contribution in [2.24, 2.45) is 0 Å². The Morgan fingerprint density at radius 2 is 2.16 bits per heavy atom. The van der Waals surface area contributed by atoms with Crippen LogP contribution in [-0.2, 0) is 0 Å². The molecule has 1 aromatic rings. The molecule has 0 amide bonds. The Hall–Kier alpha value is -1.73. The summed E-state index contributed by atoms with van der Waals surface area (Å²) in [5.41, 5.74) is 1.11. The van der Waals surface area contributed by atoms with Gasteiger partial charge in [0.05, 0.1) is 30.8 Å². The van der Waals surface area contributed by atoms with Crippen LogP contribution in [-0.4, -0.2) is 44.2 Å². The SMILES string of the molecule is CCOc1ccccc1N1CCN(C)CC1CC#N. The minimum Gasteiger partial charge on any atom is -0.492 e. The van der Waals surface area contributed by atoms with Crippen molar-refractivity contribution in [1.82, 2.24) is 4.90 Å². The smallest absolute Gasteiger partial charge is 0.142 e. The summed E-state index contributed by atoms with van der Waals surface area (Å²) in [5.74, 6) is 0.914. The molecule has 19 heavy (non-hydrogen) atoms. The van der Waals surface area contributed by atoms with Crippen molar-refractivity contribution in [1.29, 1.82) is 5.26 Å². The van der Waals surface area contributed by atoms with Crippen molar-refractivity contribution in [3.8, 4) is 11.8 Å². The van der Waals surface area contributed by atoms with Gasteiger partial charge in [-0.25, -0.2) is 0 Å². The maximum Gasteiger partial charge on any atom is 0.142 e. The Kier molecular flexibility index (Phi) is 4.64. The topological polar surface area (TPSA) is 39.5 Å². The van der Waals surface area contributed by atoms with Gasteiger partial charge in [-0.3, -0.25) is 0 Å². The summed E-state index contributed by atoms with van der Waals surface area (Å²) in [6.45, 7) is 5.53. The first kappa shape index (κ1) is 13.7. The second-order valence-electron chi connectivity index (χ2n) is 4.87. The van der Waals surface area contributed by atoms with Crippen molar-refractivity contribution in [2.45, 2.75) is 19.4 Å². The van der Waals surface area contributed by atoms with Crippen LogP contribution in [0.15, 0.2) is 24.3 Å². The van der Waals surface area contributed by atoms with Gasteiger partial charge in [0.1, 0.15) is 5.75 Å². The van der Waals surface area contributed by atoms with Crippen LogP contribution in [0.2, 0.25) is 0 Å². The third-order valence-corrected chi connectivity index (χ3v) is 3.49. The van der Waals surface area contributed by atoms with Gasteiger partial charge in [-0.15, -0.1) is 0 Å². The number of likely N-dealkylation sites (N-methyl/N-ethyl adjacent to an activating group) is 1. The maximum absolute atomic E-state index is 9.02. The first-order chi connectivity index (χ1) is 9.26. The average Bonchev–Trinajstić information content (AvgIpc) is 2.41. The Balaban J connectivity index is 2.25. The van der Waals surface area contributed by atoms with Crippen LogP contribution in [0.4, 0.5) is 5.69 Å². The molecule has 2 rings (SSSR count). The van der Waals surface area contributed by atoms with Crippen LogP contribution >= 0.6 is 0 Å². The molecule has 0 N–H and O–H groups in total. The summed E-state index contributed by atoms with van der Waals surface area (Å²) >= 11 is 0. The highest BCUT2D eigenvalue weighted by Crippen LogP contribution is 2.31. The van der Waals surface area contributed by atoms with E-state index in [1.54, 1.807) is 0 Å². The van der Waals surface area contributed by atoms with E-state index in [0.717, 1.165) is 31.1 Å². The predicted molar refractivity (Wildman–Crippen MR) is 76.5 cm³/mol. The van der Waals surface area contributed by atoms with Gasteiger partial charge in [0.15, 0.2) is 0 Å². The fourth-order valence-corrected chi connectivity index (χ4v) is 2.58. The number of nitriles is 1. The summed E-state index contributed by atoms with van der Waals surface area (Å²) < 4.78 is 5.71. The lowest BCUT2D eigenvalue weighted by Crippen LogP contribution is -2.52. The highest BCUT2D eigenvalue weighted by Gasteiger charge is 2.26. The predicted octanol–water partition coefficient (Wildman–Crippen LogP) is 2.12. The van der Waals surface area contributed by atoms with Crippen molar-refractivity contribution < 1.29 is 4.74 Å². The number of hydrogen-bond acceptors (Lipinski definition) is 4. The quantitative estimate of drug-likeness (QED) is 0.830. The first-order valence-electron chi connectivity index (χ1n) is 6.80. The van der Waals surface area contributed by atoms with Gasteiger partial charge in [0.2, 0.25) is 0 Å². The molecule has 1 aromatic carbocycles. The lowest BCUT2D eigenvalue weighted by Gasteiger charge is -2.41. The molecule has 1 heterocycles.